The van der Waals surface area contributed by atoms with E-state index < -0.39 is 5.60 Å². The van der Waals surface area contributed by atoms with Crippen molar-refractivity contribution in [3.63, 3.8) is 0 Å². The molecule has 0 unspecified atom stereocenters. The number of carbonyl (C=O) groups is 1. The second-order valence-corrected chi connectivity index (χ2v) is 4.68. The minimum Gasteiger partial charge on any atom is -0.381 e. The first-order chi connectivity index (χ1) is 9.00. The molecule has 0 saturated carbocycles. The summed E-state index contributed by atoms with van der Waals surface area (Å²) < 4.78 is 5.02. The van der Waals surface area contributed by atoms with E-state index in [9.17, 15) is 9.90 Å². The first-order valence-electron chi connectivity index (χ1n) is 5.83. The molecule has 2 aromatic rings. The summed E-state index contributed by atoms with van der Waals surface area (Å²) in [6.07, 6.45) is 0.646. The van der Waals surface area contributed by atoms with Crippen LogP contribution in [-0.2, 0) is 16.9 Å². The van der Waals surface area contributed by atoms with E-state index in [0.717, 1.165) is 11.1 Å². The third-order valence-corrected chi connectivity index (χ3v) is 2.52. The summed E-state index contributed by atoms with van der Waals surface area (Å²) in [5.74, 6) is 0.573. The van der Waals surface area contributed by atoms with Gasteiger partial charge in [0, 0.05) is 12.1 Å². The third-order valence-electron chi connectivity index (χ3n) is 2.52. The number of nitrogens with one attached hydrogen (secondary N) is 1. The number of aromatic nitrogens is 2. The molecule has 1 heterocycles. The molecule has 2 N–H and O–H groups in total. The van der Waals surface area contributed by atoms with Gasteiger partial charge in [0.1, 0.15) is 5.60 Å². The molecule has 0 radical (unpaired) electrons. The van der Waals surface area contributed by atoms with Gasteiger partial charge in [-0.1, -0.05) is 23.4 Å². The van der Waals surface area contributed by atoms with Gasteiger partial charge in [0.15, 0.2) is 0 Å². The van der Waals surface area contributed by atoms with E-state index in [2.05, 4.69) is 15.5 Å². The fourth-order valence-electron chi connectivity index (χ4n) is 1.57. The molecule has 0 bridgehead atoms. The molecule has 0 aliphatic carbocycles. The van der Waals surface area contributed by atoms with E-state index >= 15 is 0 Å². The molecule has 0 aliphatic rings. The fraction of sp³-hybridized carbons (Fsp3) is 0.308. The Bertz CT molecular complexity index is 573. The van der Waals surface area contributed by atoms with E-state index in [-0.39, 0.29) is 5.89 Å². The average molecular weight is 261 g/mol. The van der Waals surface area contributed by atoms with Gasteiger partial charge in [0.25, 0.3) is 5.89 Å². The number of hydrogen-bond acceptors (Lipinski definition) is 5. The van der Waals surface area contributed by atoms with Gasteiger partial charge in [-0.05, 0) is 25.5 Å². The second-order valence-electron chi connectivity index (χ2n) is 4.68. The summed E-state index contributed by atoms with van der Waals surface area (Å²) in [6, 6.07) is 7.42. The number of benzene rings is 1. The highest BCUT2D eigenvalue weighted by atomic mass is 16.5. The molecule has 0 atom stereocenters. The smallest absolute Gasteiger partial charge is 0.258 e. The number of rotatable bonds is 5. The largest absolute Gasteiger partial charge is 0.381 e. The Morgan fingerprint density at radius 1 is 1.47 bits per heavy atom. The van der Waals surface area contributed by atoms with Gasteiger partial charge in [-0.15, -0.1) is 0 Å². The van der Waals surface area contributed by atoms with E-state index in [1.165, 1.54) is 0 Å². The van der Waals surface area contributed by atoms with E-state index in [4.69, 9.17) is 4.52 Å². The molecular formula is C13H15N3O3. The maximum atomic E-state index is 10.3. The zero-order chi connectivity index (χ0) is 13.9. The van der Waals surface area contributed by atoms with Gasteiger partial charge in [0.2, 0.25) is 12.2 Å². The standard InChI is InChI=1S/C13H15N3O3/c1-13(2,18)12-15-11(16-19-12)10-5-3-4-9(6-10)7-14-8-17/h3-6,8,18H,7H2,1-2H3,(H,14,17). The molecule has 0 aliphatic heterocycles. The number of carbonyl (C=O) groups excluding carboxylic acids is 1. The minimum atomic E-state index is -1.16. The Morgan fingerprint density at radius 2 is 2.26 bits per heavy atom. The Morgan fingerprint density at radius 3 is 2.89 bits per heavy atom. The highest BCUT2D eigenvalue weighted by Gasteiger charge is 2.24. The van der Waals surface area contributed by atoms with Crippen LogP contribution in [-0.4, -0.2) is 21.7 Å². The van der Waals surface area contributed by atoms with Crippen molar-refractivity contribution in [2.75, 3.05) is 0 Å². The molecule has 6 nitrogen and oxygen atoms in total. The number of amides is 1. The van der Waals surface area contributed by atoms with Gasteiger partial charge in [-0.25, -0.2) is 0 Å². The molecule has 6 heteroatoms. The van der Waals surface area contributed by atoms with Crippen LogP contribution >= 0.6 is 0 Å². The van der Waals surface area contributed by atoms with Crippen LogP contribution in [0.25, 0.3) is 11.4 Å². The Kier molecular flexibility index (Phi) is 3.62. The summed E-state index contributed by atoms with van der Waals surface area (Å²) in [6.45, 7) is 3.59. The average Bonchev–Trinajstić information content (AvgIpc) is 2.86. The van der Waals surface area contributed by atoms with Crippen LogP contribution < -0.4 is 5.32 Å². The lowest BCUT2D eigenvalue weighted by atomic mass is 10.1. The summed E-state index contributed by atoms with van der Waals surface area (Å²) in [4.78, 5) is 14.4. The Balaban J connectivity index is 2.26. The molecule has 1 amide bonds. The molecule has 2 rings (SSSR count). The predicted octanol–water partition coefficient (Wildman–Crippen LogP) is 1.21. The third kappa shape index (κ3) is 3.17. The van der Waals surface area contributed by atoms with Crippen molar-refractivity contribution in [1.29, 1.82) is 0 Å². The lowest BCUT2D eigenvalue weighted by Crippen LogP contribution is -2.15. The van der Waals surface area contributed by atoms with E-state index in [0.29, 0.717) is 18.8 Å². The van der Waals surface area contributed by atoms with Crippen LogP contribution in [0.3, 0.4) is 0 Å². The Hall–Kier alpha value is -2.21. The van der Waals surface area contributed by atoms with Crippen LogP contribution in [0.5, 0.6) is 0 Å². The highest BCUT2D eigenvalue weighted by molar-refractivity contribution is 5.56. The zero-order valence-electron chi connectivity index (χ0n) is 10.8. The lowest BCUT2D eigenvalue weighted by molar-refractivity contribution is -0.109. The first-order valence-corrected chi connectivity index (χ1v) is 5.83. The fourth-order valence-corrected chi connectivity index (χ4v) is 1.57. The van der Waals surface area contributed by atoms with Crippen LogP contribution in [0.4, 0.5) is 0 Å². The molecule has 0 saturated heterocycles. The summed E-state index contributed by atoms with van der Waals surface area (Å²) in [7, 11) is 0. The topological polar surface area (TPSA) is 88.3 Å². The van der Waals surface area contributed by atoms with E-state index in [1.807, 2.05) is 24.3 Å². The molecule has 1 aromatic carbocycles. The normalized spacial score (nSPS) is 11.3. The minimum absolute atomic E-state index is 0.166. The van der Waals surface area contributed by atoms with Crippen LogP contribution in [0.2, 0.25) is 0 Å². The number of hydrogen-bond donors (Lipinski definition) is 2. The van der Waals surface area contributed by atoms with Gasteiger partial charge >= 0.3 is 0 Å². The van der Waals surface area contributed by atoms with Crippen molar-refractivity contribution >= 4 is 6.41 Å². The molecule has 100 valence electrons. The van der Waals surface area contributed by atoms with Gasteiger partial charge in [-0.3, -0.25) is 4.79 Å². The predicted molar refractivity (Wildman–Crippen MR) is 67.9 cm³/mol. The SMILES string of the molecule is CC(C)(O)c1nc(-c2cccc(CNC=O)c2)no1. The lowest BCUT2D eigenvalue weighted by Gasteiger charge is -2.09. The van der Waals surface area contributed by atoms with E-state index in [1.54, 1.807) is 13.8 Å². The molecule has 19 heavy (non-hydrogen) atoms. The van der Waals surface area contributed by atoms with Crippen molar-refractivity contribution in [2.24, 2.45) is 0 Å². The first kappa shape index (κ1) is 13.2. The van der Waals surface area contributed by atoms with Crippen LogP contribution in [0.15, 0.2) is 28.8 Å². The van der Waals surface area contributed by atoms with Gasteiger partial charge < -0.3 is 14.9 Å². The maximum absolute atomic E-state index is 10.3. The van der Waals surface area contributed by atoms with Crippen molar-refractivity contribution in [3.8, 4) is 11.4 Å². The summed E-state index contributed by atoms with van der Waals surface area (Å²) in [5, 5.41) is 16.2. The van der Waals surface area contributed by atoms with Crippen molar-refractivity contribution in [3.05, 3.63) is 35.7 Å². The van der Waals surface area contributed by atoms with Crippen LogP contribution in [0.1, 0.15) is 25.3 Å². The molecule has 1 aromatic heterocycles. The summed E-state index contributed by atoms with van der Waals surface area (Å²) >= 11 is 0. The monoisotopic (exact) mass is 261 g/mol. The summed E-state index contributed by atoms with van der Waals surface area (Å²) in [5.41, 5.74) is 0.533. The van der Waals surface area contributed by atoms with Crippen molar-refractivity contribution in [1.82, 2.24) is 15.5 Å². The second kappa shape index (κ2) is 5.19. The van der Waals surface area contributed by atoms with Crippen molar-refractivity contribution < 1.29 is 14.4 Å². The maximum Gasteiger partial charge on any atom is 0.258 e. The number of nitrogens with zero attached hydrogens (tertiary/aromatic N) is 2. The Labute approximate surface area is 110 Å². The quantitative estimate of drug-likeness (QED) is 0.790. The molecular weight excluding hydrogens is 246 g/mol. The molecule has 0 spiro atoms. The zero-order valence-corrected chi connectivity index (χ0v) is 10.8. The van der Waals surface area contributed by atoms with Crippen molar-refractivity contribution in [2.45, 2.75) is 26.0 Å². The van der Waals surface area contributed by atoms with Gasteiger partial charge in [0.05, 0.1) is 0 Å². The molecule has 0 fully saturated rings. The van der Waals surface area contributed by atoms with Crippen LogP contribution in [0, 0.1) is 0 Å². The number of aliphatic hydroxyl groups is 1. The van der Waals surface area contributed by atoms with Gasteiger partial charge in [-0.2, -0.15) is 4.98 Å². The highest BCUT2D eigenvalue weighted by Crippen LogP contribution is 2.22.